The van der Waals surface area contributed by atoms with E-state index in [-0.39, 0.29) is 0 Å². The van der Waals surface area contributed by atoms with E-state index in [2.05, 4.69) is 19.2 Å². The zero-order chi connectivity index (χ0) is 13.4. The summed E-state index contributed by atoms with van der Waals surface area (Å²) in [6, 6.07) is 7.88. The molecule has 0 heterocycles. The largest absolute Gasteiger partial charge is 0.490 e. The highest BCUT2D eigenvalue weighted by Crippen LogP contribution is 2.26. The first-order valence-corrected chi connectivity index (χ1v) is 7.50. The Morgan fingerprint density at radius 3 is 2.67 bits per heavy atom. The topological polar surface area (TPSA) is 41.5 Å². The summed E-state index contributed by atoms with van der Waals surface area (Å²) in [4.78, 5) is 1.10. The second-order valence-electron chi connectivity index (χ2n) is 4.67. The molecule has 1 rings (SSSR count). The van der Waals surface area contributed by atoms with Gasteiger partial charge in [0.25, 0.3) is 0 Å². The molecule has 2 N–H and O–H groups in total. The molecule has 0 saturated carbocycles. The third-order valence-electron chi connectivity index (χ3n) is 2.43. The molecule has 0 saturated heterocycles. The van der Waals surface area contributed by atoms with Crippen molar-refractivity contribution in [3.8, 4) is 5.75 Å². The average Bonchev–Trinajstić information content (AvgIpc) is 2.36. The number of rotatable bonds is 8. The Labute approximate surface area is 114 Å². The van der Waals surface area contributed by atoms with Crippen molar-refractivity contribution in [1.29, 1.82) is 0 Å². The summed E-state index contributed by atoms with van der Waals surface area (Å²) in [7, 11) is 0. The predicted octanol–water partition coefficient (Wildman–Crippen LogP) is 2.39. The van der Waals surface area contributed by atoms with Crippen LogP contribution in [0.15, 0.2) is 29.2 Å². The molecular weight excluding hydrogens is 246 g/mol. The first-order chi connectivity index (χ1) is 8.63. The number of para-hydroxylation sites is 1. The third-order valence-corrected chi connectivity index (χ3v) is 3.21. The minimum Gasteiger partial charge on any atom is -0.490 e. The highest BCUT2D eigenvalue weighted by molar-refractivity contribution is 7.98. The first-order valence-electron chi connectivity index (χ1n) is 6.28. The van der Waals surface area contributed by atoms with Crippen LogP contribution in [0.3, 0.4) is 0 Å². The van der Waals surface area contributed by atoms with Crippen LogP contribution < -0.4 is 10.1 Å². The quantitative estimate of drug-likeness (QED) is 0.711. The highest BCUT2D eigenvalue weighted by atomic mass is 32.2. The zero-order valence-corrected chi connectivity index (χ0v) is 12.2. The van der Waals surface area contributed by atoms with Crippen molar-refractivity contribution in [2.75, 3.05) is 26.0 Å². The Morgan fingerprint density at radius 1 is 1.28 bits per heavy atom. The van der Waals surface area contributed by atoms with Crippen molar-refractivity contribution in [3.05, 3.63) is 24.3 Å². The molecule has 0 amide bonds. The monoisotopic (exact) mass is 269 g/mol. The van der Waals surface area contributed by atoms with E-state index in [1.807, 2.05) is 30.5 Å². The van der Waals surface area contributed by atoms with E-state index in [4.69, 9.17) is 4.74 Å². The summed E-state index contributed by atoms with van der Waals surface area (Å²) >= 11 is 1.65. The van der Waals surface area contributed by atoms with Crippen molar-refractivity contribution >= 4 is 11.8 Å². The number of hydrogen-bond donors (Lipinski definition) is 2. The van der Waals surface area contributed by atoms with Gasteiger partial charge in [-0.3, -0.25) is 0 Å². The second-order valence-corrected chi connectivity index (χ2v) is 5.52. The summed E-state index contributed by atoms with van der Waals surface area (Å²) in [5.74, 6) is 1.43. The van der Waals surface area contributed by atoms with Crippen LogP contribution in [0.4, 0.5) is 0 Å². The van der Waals surface area contributed by atoms with Crippen LogP contribution in [0.5, 0.6) is 5.75 Å². The van der Waals surface area contributed by atoms with Gasteiger partial charge in [-0.15, -0.1) is 11.8 Å². The molecule has 1 unspecified atom stereocenters. The molecule has 0 aliphatic rings. The van der Waals surface area contributed by atoms with E-state index in [1.165, 1.54) is 0 Å². The van der Waals surface area contributed by atoms with Gasteiger partial charge in [0.1, 0.15) is 18.5 Å². The predicted molar refractivity (Wildman–Crippen MR) is 77.4 cm³/mol. The number of nitrogens with one attached hydrogen (secondary N) is 1. The van der Waals surface area contributed by atoms with Gasteiger partial charge in [-0.25, -0.2) is 0 Å². The van der Waals surface area contributed by atoms with Crippen LogP contribution in [0.1, 0.15) is 13.8 Å². The number of ether oxygens (including phenoxy) is 1. The van der Waals surface area contributed by atoms with E-state index >= 15 is 0 Å². The SMILES string of the molecule is CSc1ccccc1OCC(O)CNCC(C)C. The number of aliphatic hydroxyl groups excluding tert-OH is 1. The third kappa shape index (κ3) is 5.76. The van der Waals surface area contributed by atoms with Crippen LogP contribution in [0.2, 0.25) is 0 Å². The van der Waals surface area contributed by atoms with Crippen LogP contribution in [-0.4, -0.2) is 37.2 Å². The number of benzene rings is 1. The standard InChI is InChI=1S/C14H23NO2S/c1-11(2)8-15-9-12(16)10-17-13-6-4-5-7-14(13)18-3/h4-7,11-12,15-16H,8-10H2,1-3H3. The summed E-state index contributed by atoms with van der Waals surface area (Å²) in [6.07, 6.45) is 1.54. The van der Waals surface area contributed by atoms with Gasteiger partial charge >= 0.3 is 0 Å². The van der Waals surface area contributed by atoms with Gasteiger partial charge < -0.3 is 15.2 Å². The van der Waals surface area contributed by atoms with Gasteiger partial charge in [-0.05, 0) is 30.9 Å². The Balaban J connectivity index is 2.31. The Hall–Kier alpha value is -0.710. The molecule has 1 aromatic carbocycles. The fourth-order valence-corrected chi connectivity index (χ4v) is 2.06. The molecular formula is C14H23NO2S. The summed E-state index contributed by atoms with van der Waals surface area (Å²) < 4.78 is 5.64. The van der Waals surface area contributed by atoms with Crippen LogP contribution >= 0.6 is 11.8 Å². The number of thioether (sulfide) groups is 1. The van der Waals surface area contributed by atoms with Crippen LogP contribution in [0.25, 0.3) is 0 Å². The molecule has 0 radical (unpaired) electrons. The maximum absolute atomic E-state index is 9.79. The molecule has 102 valence electrons. The van der Waals surface area contributed by atoms with E-state index in [0.29, 0.717) is 19.1 Å². The van der Waals surface area contributed by atoms with Gasteiger partial charge in [0, 0.05) is 11.4 Å². The molecule has 0 bridgehead atoms. The summed E-state index contributed by atoms with van der Waals surface area (Å²) in [6.45, 7) is 6.09. The molecule has 0 aliphatic carbocycles. The van der Waals surface area contributed by atoms with E-state index in [0.717, 1.165) is 17.2 Å². The Kier molecular flexibility index (Phi) is 7.16. The molecule has 4 heteroatoms. The van der Waals surface area contributed by atoms with Gasteiger partial charge in [0.2, 0.25) is 0 Å². The van der Waals surface area contributed by atoms with Crippen molar-refractivity contribution in [2.45, 2.75) is 24.8 Å². The van der Waals surface area contributed by atoms with Crippen molar-refractivity contribution < 1.29 is 9.84 Å². The zero-order valence-electron chi connectivity index (χ0n) is 11.3. The van der Waals surface area contributed by atoms with E-state index < -0.39 is 6.10 Å². The second kappa shape index (κ2) is 8.40. The van der Waals surface area contributed by atoms with Crippen molar-refractivity contribution in [1.82, 2.24) is 5.32 Å². The van der Waals surface area contributed by atoms with E-state index in [9.17, 15) is 5.11 Å². The number of aliphatic hydroxyl groups is 1. The molecule has 1 atom stereocenters. The minimum absolute atomic E-state index is 0.322. The summed E-state index contributed by atoms with van der Waals surface area (Å²) in [5, 5.41) is 13.0. The van der Waals surface area contributed by atoms with Gasteiger partial charge in [-0.2, -0.15) is 0 Å². The maximum Gasteiger partial charge on any atom is 0.132 e. The molecule has 0 spiro atoms. The molecule has 0 aromatic heterocycles. The normalized spacial score (nSPS) is 12.7. The number of hydrogen-bond acceptors (Lipinski definition) is 4. The lowest BCUT2D eigenvalue weighted by Gasteiger charge is -2.15. The lowest BCUT2D eigenvalue weighted by atomic mass is 10.2. The van der Waals surface area contributed by atoms with Crippen molar-refractivity contribution in [2.24, 2.45) is 5.92 Å². The Bertz CT molecular complexity index is 344. The highest BCUT2D eigenvalue weighted by Gasteiger charge is 2.07. The lowest BCUT2D eigenvalue weighted by Crippen LogP contribution is -2.33. The van der Waals surface area contributed by atoms with Gasteiger partial charge in [0.15, 0.2) is 0 Å². The lowest BCUT2D eigenvalue weighted by molar-refractivity contribution is 0.104. The smallest absolute Gasteiger partial charge is 0.132 e. The molecule has 1 aromatic rings. The van der Waals surface area contributed by atoms with Gasteiger partial charge in [0.05, 0.1) is 0 Å². The average molecular weight is 269 g/mol. The minimum atomic E-state index is -0.473. The van der Waals surface area contributed by atoms with E-state index in [1.54, 1.807) is 11.8 Å². The fourth-order valence-electron chi connectivity index (χ4n) is 1.52. The fraction of sp³-hybridized carbons (Fsp3) is 0.571. The molecule has 0 aliphatic heterocycles. The van der Waals surface area contributed by atoms with Crippen molar-refractivity contribution in [3.63, 3.8) is 0 Å². The maximum atomic E-state index is 9.79. The Morgan fingerprint density at radius 2 is 2.00 bits per heavy atom. The molecule has 0 fully saturated rings. The first kappa shape index (κ1) is 15.3. The molecule has 3 nitrogen and oxygen atoms in total. The van der Waals surface area contributed by atoms with Gasteiger partial charge in [-0.1, -0.05) is 26.0 Å². The van der Waals surface area contributed by atoms with Crippen LogP contribution in [-0.2, 0) is 0 Å². The van der Waals surface area contributed by atoms with Crippen LogP contribution in [0, 0.1) is 5.92 Å². The molecule has 18 heavy (non-hydrogen) atoms. The summed E-state index contributed by atoms with van der Waals surface area (Å²) in [5.41, 5.74) is 0.